The fourth-order valence-corrected chi connectivity index (χ4v) is 4.40. The van der Waals surface area contributed by atoms with Crippen LogP contribution in [0.5, 0.6) is 5.75 Å². The number of halogens is 1. The number of pyridine rings is 1. The van der Waals surface area contributed by atoms with Crippen molar-refractivity contribution in [1.82, 2.24) is 9.88 Å². The molecule has 1 atom stereocenters. The van der Waals surface area contributed by atoms with Gasteiger partial charge >= 0.3 is 0 Å². The molecule has 0 saturated heterocycles. The highest BCUT2D eigenvalue weighted by atomic mass is 79.9. The highest BCUT2D eigenvalue weighted by Crippen LogP contribution is 2.19. The molecule has 4 aromatic rings. The number of anilines is 2. The molecule has 41 heavy (non-hydrogen) atoms. The zero-order valence-corrected chi connectivity index (χ0v) is 24.1. The van der Waals surface area contributed by atoms with Crippen molar-refractivity contribution in [3.05, 3.63) is 123 Å². The lowest BCUT2D eigenvalue weighted by molar-refractivity contribution is -0.127. The molecule has 0 radical (unpaired) electrons. The van der Waals surface area contributed by atoms with Crippen molar-refractivity contribution >= 4 is 45.0 Å². The monoisotopic (exact) mass is 616 g/mol. The molecule has 0 aliphatic heterocycles. The van der Waals surface area contributed by atoms with Gasteiger partial charge in [-0.3, -0.25) is 19.2 Å². The molecule has 3 aromatic carbocycles. The molecule has 0 fully saturated rings. The van der Waals surface area contributed by atoms with E-state index >= 15 is 0 Å². The fraction of sp³-hybridized carbons (Fsp3) is 0.161. The van der Waals surface area contributed by atoms with Crippen molar-refractivity contribution in [3.63, 3.8) is 0 Å². The van der Waals surface area contributed by atoms with E-state index in [1.165, 1.54) is 27.8 Å². The molecule has 1 aromatic heterocycles. The number of ether oxygens (including phenoxy) is 1. The van der Waals surface area contributed by atoms with Crippen LogP contribution in [0.2, 0.25) is 0 Å². The van der Waals surface area contributed by atoms with Crippen molar-refractivity contribution in [2.45, 2.75) is 19.0 Å². The smallest absolute Gasteiger partial charge is 0.255 e. The second kappa shape index (κ2) is 13.6. The van der Waals surface area contributed by atoms with Gasteiger partial charge in [0, 0.05) is 47.1 Å². The van der Waals surface area contributed by atoms with Crippen LogP contribution in [0.3, 0.4) is 0 Å². The summed E-state index contributed by atoms with van der Waals surface area (Å²) in [5.74, 6) is -0.523. The Hall–Kier alpha value is -4.70. The first-order valence-corrected chi connectivity index (χ1v) is 13.5. The Bertz CT molecular complexity index is 1570. The number of hydrogen-bond acceptors (Lipinski definition) is 5. The van der Waals surface area contributed by atoms with E-state index in [0.29, 0.717) is 22.7 Å². The predicted octanol–water partition coefficient (Wildman–Crippen LogP) is 4.26. The number of aromatic nitrogens is 1. The summed E-state index contributed by atoms with van der Waals surface area (Å²) in [6, 6.07) is 25.1. The highest BCUT2D eigenvalue weighted by molar-refractivity contribution is 9.10. The summed E-state index contributed by atoms with van der Waals surface area (Å²) in [6.45, 7) is -0.301. The lowest BCUT2D eigenvalue weighted by Gasteiger charge is -2.25. The third-order valence-electron chi connectivity index (χ3n) is 6.38. The van der Waals surface area contributed by atoms with Gasteiger partial charge < -0.3 is 24.8 Å². The summed E-state index contributed by atoms with van der Waals surface area (Å²) >= 11 is 3.33. The minimum Gasteiger partial charge on any atom is -0.497 e. The van der Waals surface area contributed by atoms with E-state index in [1.54, 1.807) is 62.7 Å². The number of nitrogens with zero attached hydrogens (tertiary/aromatic N) is 2. The molecular formula is C31H29BrN4O5. The number of carbonyl (C=O) groups is 3. The molecule has 10 heteroatoms. The summed E-state index contributed by atoms with van der Waals surface area (Å²) in [7, 11) is 3.20. The van der Waals surface area contributed by atoms with E-state index < -0.39 is 17.5 Å². The molecule has 0 saturated carbocycles. The minimum absolute atomic E-state index is 0.266. The average molecular weight is 618 g/mol. The van der Waals surface area contributed by atoms with Gasteiger partial charge in [-0.1, -0.05) is 46.3 Å². The van der Waals surface area contributed by atoms with Gasteiger partial charge in [0.2, 0.25) is 11.8 Å². The van der Waals surface area contributed by atoms with Gasteiger partial charge in [-0.25, -0.2) is 0 Å². The molecule has 210 valence electrons. The fourth-order valence-electron chi connectivity index (χ4n) is 4.13. The maximum Gasteiger partial charge on any atom is 0.255 e. The Morgan fingerprint density at radius 2 is 1.63 bits per heavy atom. The summed E-state index contributed by atoms with van der Waals surface area (Å²) in [6.07, 6.45) is 1.69. The molecule has 0 aliphatic rings. The summed E-state index contributed by atoms with van der Waals surface area (Å²) in [4.78, 5) is 53.3. The zero-order valence-electron chi connectivity index (χ0n) is 22.5. The highest BCUT2D eigenvalue weighted by Gasteiger charge is 2.25. The number of hydrogen-bond donors (Lipinski definition) is 2. The first-order chi connectivity index (χ1) is 19.7. The normalized spacial score (nSPS) is 11.3. The molecule has 2 N–H and O–H groups in total. The van der Waals surface area contributed by atoms with Crippen LogP contribution < -0.4 is 25.8 Å². The third kappa shape index (κ3) is 7.92. The second-order valence-corrected chi connectivity index (χ2v) is 10.2. The van der Waals surface area contributed by atoms with E-state index in [2.05, 4.69) is 26.6 Å². The van der Waals surface area contributed by atoms with Crippen LogP contribution in [0.4, 0.5) is 11.4 Å². The lowest BCUT2D eigenvalue weighted by Crippen LogP contribution is -2.50. The van der Waals surface area contributed by atoms with E-state index in [1.807, 2.05) is 30.3 Å². The number of amides is 3. The number of nitrogens with one attached hydrogen (secondary N) is 2. The largest absolute Gasteiger partial charge is 0.497 e. The van der Waals surface area contributed by atoms with E-state index in [9.17, 15) is 19.2 Å². The maximum absolute atomic E-state index is 13.5. The van der Waals surface area contributed by atoms with Gasteiger partial charge in [0.25, 0.3) is 11.5 Å². The Kier molecular flexibility index (Phi) is 9.70. The molecule has 1 unspecified atom stereocenters. The number of methoxy groups -OCH3 is 1. The summed E-state index contributed by atoms with van der Waals surface area (Å²) in [5, 5.41) is 5.48. The topological polar surface area (TPSA) is 110 Å². The van der Waals surface area contributed by atoms with Crippen LogP contribution in [0.25, 0.3) is 0 Å². The molecule has 1 heterocycles. The molecule has 0 bridgehead atoms. The molecule has 9 nitrogen and oxygen atoms in total. The summed E-state index contributed by atoms with van der Waals surface area (Å²) < 4.78 is 7.25. The van der Waals surface area contributed by atoms with Crippen LogP contribution in [-0.2, 0) is 22.6 Å². The van der Waals surface area contributed by atoms with Crippen LogP contribution >= 0.6 is 15.9 Å². The minimum atomic E-state index is -0.878. The predicted molar refractivity (Wildman–Crippen MR) is 161 cm³/mol. The van der Waals surface area contributed by atoms with Crippen molar-refractivity contribution in [2.75, 3.05) is 24.4 Å². The standard InChI is InChI=1S/C31H29BrN4O5/c1-35(25-12-14-26(41-2)15-13-25)31(40)27(18-21-6-4-3-5-7-21)34-28(37)20-36-17-16-24(19-29(36)38)33-30(39)22-8-10-23(32)11-9-22/h3-17,19,27H,18,20H2,1-2H3,(H,33,39)(H,34,37). The van der Waals surface area contributed by atoms with E-state index in [-0.39, 0.29) is 24.8 Å². The van der Waals surface area contributed by atoms with Crippen molar-refractivity contribution in [3.8, 4) is 5.75 Å². The average Bonchev–Trinajstić information content (AvgIpc) is 2.98. The van der Waals surface area contributed by atoms with E-state index in [4.69, 9.17) is 4.74 Å². The van der Waals surface area contributed by atoms with Crippen LogP contribution in [0, 0.1) is 0 Å². The van der Waals surface area contributed by atoms with Gasteiger partial charge in [0.05, 0.1) is 7.11 Å². The third-order valence-corrected chi connectivity index (χ3v) is 6.91. The first kappa shape index (κ1) is 29.3. The Labute approximate surface area is 245 Å². The number of benzene rings is 3. The van der Waals surface area contributed by atoms with Crippen LogP contribution in [-0.4, -0.2) is 42.5 Å². The van der Waals surface area contributed by atoms with Crippen molar-refractivity contribution in [2.24, 2.45) is 0 Å². The van der Waals surface area contributed by atoms with Crippen molar-refractivity contribution in [1.29, 1.82) is 0 Å². The maximum atomic E-state index is 13.5. The molecular weight excluding hydrogens is 588 g/mol. The van der Waals surface area contributed by atoms with E-state index in [0.717, 1.165) is 10.0 Å². The number of rotatable bonds is 10. The van der Waals surface area contributed by atoms with Gasteiger partial charge in [-0.15, -0.1) is 0 Å². The van der Waals surface area contributed by atoms with Gasteiger partial charge in [0.15, 0.2) is 0 Å². The quantitative estimate of drug-likeness (QED) is 0.277. The first-order valence-electron chi connectivity index (χ1n) is 12.8. The molecule has 0 spiro atoms. The van der Waals surface area contributed by atoms with Crippen LogP contribution in [0.15, 0.2) is 106 Å². The van der Waals surface area contributed by atoms with Gasteiger partial charge in [0.1, 0.15) is 18.3 Å². The molecule has 0 aliphatic carbocycles. The second-order valence-electron chi connectivity index (χ2n) is 9.25. The summed E-state index contributed by atoms with van der Waals surface area (Å²) in [5.41, 5.74) is 1.77. The Balaban J connectivity index is 1.45. The Morgan fingerprint density at radius 1 is 0.951 bits per heavy atom. The molecule has 3 amide bonds. The van der Waals surface area contributed by atoms with Crippen LogP contribution in [0.1, 0.15) is 15.9 Å². The van der Waals surface area contributed by atoms with Crippen molar-refractivity contribution < 1.29 is 19.1 Å². The van der Waals surface area contributed by atoms with Gasteiger partial charge in [-0.05, 0) is 60.2 Å². The lowest BCUT2D eigenvalue weighted by atomic mass is 10.0. The Morgan fingerprint density at radius 3 is 2.27 bits per heavy atom. The number of likely N-dealkylation sites (N-methyl/N-ethyl adjacent to an activating group) is 1. The molecule has 4 rings (SSSR count). The van der Waals surface area contributed by atoms with Gasteiger partial charge in [-0.2, -0.15) is 0 Å². The number of carbonyl (C=O) groups excluding carboxylic acids is 3. The SMILES string of the molecule is COc1ccc(N(C)C(=O)C(Cc2ccccc2)NC(=O)Cn2ccc(NC(=O)c3ccc(Br)cc3)cc2=O)cc1. The zero-order chi connectivity index (χ0) is 29.4.